The Balaban J connectivity index is 2.29. The summed E-state index contributed by atoms with van der Waals surface area (Å²) >= 11 is 0. The predicted octanol–water partition coefficient (Wildman–Crippen LogP) is 1.73. The van der Waals surface area contributed by atoms with E-state index in [0.29, 0.717) is 37.4 Å². The maximum absolute atomic E-state index is 9.58. The lowest BCUT2D eigenvalue weighted by Crippen LogP contribution is -2.38. The number of rotatable bonds is 4. The minimum absolute atomic E-state index is 0.252. The van der Waals surface area contributed by atoms with E-state index in [4.69, 9.17) is 9.47 Å². The zero-order valence-corrected chi connectivity index (χ0v) is 11.9. The van der Waals surface area contributed by atoms with E-state index in [0.717, 1.165) is 5.56 Å². The van der Waals surface area contributed by atoms with Gasteiger partial charge in [-0.15, -0.1) is 0 Å². The van der Waals surface area contributed by atoms with Crippen LogP contribution in [0.4, 0.5) is 0 Å². The van der Waals surface area contributed by atoms with Crippen LogP contribution in [0.25, 0.3) is 0 Å². The average Bonchev–Trinajstić information content (AvgIpc) is 2.49. The van der Waals surface area contributed by atoms with Crippen LogP contribution >= 0.6 is 0 Å². The van der Waals surface area contributed by atoms with Crippen LogP contribution in [0.1, 0.15) is 24.4 Å². The van der Waals surface area contributed by atoms with Gasteiger partial charge in [-0.2, -0.15) is 5.26 Å². The number of nitriles is 1. The first kappa shape index (κ1) is 14.6. The zero-order valence-electron chi connectivity index (χ0n) is 11.9. The van der Waals surface area contributed by atoms with E-state index in [-0.39, 0.29) is 12.1 Å². The minimum atomic E-state index is -0.382. The smallest absolute Gasteiger partial charge is 0.127 e. The largest absolute Gasteiger partial charge is 0.497 e. The molecule has 5 heteroatoms. The number of piperidine rings is 1. The summed E-state index contributed by atoms with van der Waals surface area (Å²) in [7, 11) is 3.20. The third-order valence-corrected chi connectivity index (χ3v) is 3.72. The van der Waals surface area contributed by atoms with Gasteiger partial charge >= 0.3 is 0 Å². The van der Waals surface area contributed by atoms with Gasteiger partial charge in [0, 0.05) is 18.7 Å². The van der Waals surface area contributed by atoms with E-state index in [1.807, 2.05) is 18.2 Å². The van der Waals surface area contributed by atoms with Crippen LogP contribution in [-0.2, 0) is 0 Å². The summed E-state index contributed by atoms with van der Waals surface area (Å²) in [5, 5.41) is 19.1. The Labute approximate surface area is 119 Å². The van der Waals surface area contributed by atoms with E-state index >= 15 is 0 Å². The monoisotopic (exact) mass is 276 g/mol. The maximum Gasteiger partial charge on any atom is 0.127 e. The molecule has 1 aliphatic heterocycles. The van der Waals surface area contributed by atoms with Crippen molar-refractivity contribution in [2.45, 2.75) is 25.0 Å². The first-order valence-electron chi connectivity index (χ1n) is 6.73. The van der Waals surface area contributed by atoms with E-state index in [1.54, 1.807) is 14.2 Å². The summed E-state index contributed by atoms with van der Waals surface area (Å²) in [5.41, 5.74) is 0.811. The second-order valence-electron chi connectivity index (χ2n) is 4.91. The van der Waals surface area contributed by atoms with Crippen molar-refractivity contribution < 1.29 is 14.6 Å². The summed E-state index contributed by atoms with van der Waals surface area (Å²) in [6.07, 6.45) is 1.15. The van der Waals surface area contributed by atoms with Gasteiger partial charge in [0.25, 0.3) is 0 Å². The fraction of sp³-hybridized carbons (Fsp3) is 0.533. The van der Waals surface area contributed by atoms with Gasteiger partial charge < -0.3 is 14.6 Å². The lowest BCUT2D eigenvalue weighted by Gasteiger charge is -2.33. The Hall–Kier alpha value is -1.77. The van der Waals surface area contributed by atoms with Gasteiger partial charge in [0.05, 0.1) is 26.4 Å². The molecule has 0 amide bonds. The molecular weight excluding hydrogens is 256 g/mol. The summed E-state index contributed by atoms with van der Waals surface area (Å²) in [5.74, 6) is 1.39. The molecule has 1 unspecified atom stereocenters. The molecule has 5 nitrogen and oxygen atoms in total. The lowest BCUT2D eigenvalue weighted by molar-refractivity contribution is 0.0711. The number of nitrogens with zero attached hydrogens (tertiary/aromatic N) is 2. The SMILES string of the molecule is COc1ccc(OC)c(C(C#N)N2CCC(O)CC2)c1. The number of likely N-dealkylation sites (tertiary alicyclic amines) is 1. The normalized spacial score (nSPS) is 18.3. The van der Waals surface area contributed by atoms with Crippen LogP contribution in [0.2, 0.25) is 0 Å². The van der Waals surface area contributed by atoms with Crippen LogP contribution in [-0.4, -0.2) is 43.4 Å². The van der Waals surface area contributed by atoms with Crippen molar-refractivity contribution in [2.75, 3.05) is 27.3 Å². The van der Waals surface area contributed by atoms with Crippen molar-refractivity contribution >= 4 is 0 Å². The second kappa shape index (κ2) is 6.60. The highest BCUT2D eigenvalue weighted by Crippen LogP contribution is 2.33. The summed E-state index contributed by atoms with van der Waals surface area (Å²) < 4.78 is 10.6. The number of benzene rings is 1. The highest BCUT2D eigenvalue weighted by molar-refractivity contribution is 5.44. The Morgan fingerprint density at radius 1 is 1.30 bits per heavy atom. The molecule has 1 fully saturated rings. The van der Waals surface area contributed by atoms with Gasteiger partial charge in [0.15, 0.2) is 0 Å². The van der Waals surface area contributed by atoms with E-state index in [2.05, 4.69) is 11.0 Å². The molecule has 1 heterocycles. The van der Waals surface area contributed by atoms with Crippen LogP contribution in [0.3, 0.4) is 0 Å². The first-order valence-corrected chi connectivity index (χ1v) is 6.73. The molecule has 1 N–H and O–H groups in total. The van der Waals surface area contributed by atoms with Gasteiger partial charge in [0.2, 0.25) is 0 Å². The fourth-order valence-electron chi connectivity index (χ4n) is 2.55. The molecule has 2 rings (SSSR count). The standard InChI is InChI=1S/C15H20N2O3/c1-19-12-3-4-15(20-2)13(9-12)14(10-16)17-7-5-11(18)6-8-17/h3-4,9,11,14,18H,5-8H2,1-2H3. The van der Waals surface area contributed by atoms with E-state index < -0.39 is 0 Å². The van der Waals surface area contributed by atoms with Crippen molar-refractivity contribution in [2.24, 2.45) is 0 Å². The third kappa shape index (κ3) is 3.03. The molecule has 0 spiro atoms. The predicted molar refractivity (Wildman–Crippen MR) is 74.7 cm³/mol. The van der Waals surface area contributed by atoms with Gasteiger partial charge in [-0.1, -0.05) is 0 Å². The quantitative estimate of drug-likeness (QED) is 0.907. The molecule has 0 aliphatic carbocycles. The molecule has 1 atom stereocenters. The lowest BCUT2D eigenvalue weighted by atomic mass is 10.0. The Bertz CT molecular complexity index is 490. The van der Waals surface area contributed by atoms with Gasteiger partial charge in [-0.05, 0) is 31.0 Å². The average molecular weight is 276 g/mol. The molecule has 1 aromatic rings. The van der Waals surface area contributed by atoms with Crippen LogP contribution < -0.4 is 9.47 Å². The Morgan fingerprint density at radius 3 is 2.55 bits per heavy atom. The van der Waals surface area contributed by atoms with Gasteiger partial charge in [-0.25, -0.2) is 0 Å². The first-order chi connectivity index (χ1) is 9.69. The molecule has 0 radical (unpaired) electrons. The Morgan fingerprint density at radius 2 is 2.00 bits per heavy atom. The molecule has 1 aliphatic rings. The van der Waals surface area contributed by atoms with Crippen LogP contribution in [0.15, 0.2) is 18.2 Å². The molecule has 0 saturated carbocycles. The van der Waals surface area contributed by atoms with Crippen molar-refractivity contribution in [3.05, 3.63) is 23.8 Å². The molecule has 20 heavy (non-hydrogen) atoms. The van der Waals surface area contributed by atoms with Crippen molar-refractivity contribution in [1.82, 2.24) is 4.90 Å². The summed E-state index contributed by atoms with van der Waals surface area (Å²) in [6.45, 7) is 1.42. The third-order valence-electron chi connectivity index (χ3n) is 3.72. The van der Waals surface area contributed by atoms with Crippen molar-refractivity contribution in [1.29, 1.82) is 5.26 Å². The maximum atomic E-state index is 9.58. The minimum Gasteiger partial charge on any atom is -0.497 e. The number of ether oxygens (including phenoxy) is 2. The number of methoxy groups -OCH3 is 2. The summed E-state index contributed by atoms with van der Waals surface area (Å²) in [4.78, 5) is 2.07. The molecule has 108 valence electrons. The van der Waals surface area contributed by atoms with E-state index in [9.17, 15) is 10.4 Å². The molecule has 0 bridgehead atoms. The highest BCUT2D eigenvalue weighted by Gasteiger charge is 2.27. The summed E-state index contributed by atoms with van der Waals surface area (Å²) in [6, 6.07) is 7.43. The zero-order chi connectivity index (χ0) is 14.5. The number of hydrogen-bond acceptors (Lipinski definition) is 5. The van der Waals surface area contributed by atoms with Gasteiger partial charge in [-0.3, -0.25) is 4.90 Å². The van der Waals surface area contributed by atoms with Crippen molar-refractivity contribution in [3.63, 3.8) is 0 Å². The molecule has 1 saturated heterocycles. The number of hydrogen-bond donors (Lipinski definition) is 1. The Kier molecular flexibility index (Phi) is 4.83. The topological polar surface area (TPSA) is 65.7 Å². The fourth-order valence-corrected chi connectivity index (χ4v) is 2.55. The molecular formula is C15H20N2O3. The van der Waals surface area contributed by atoms with Gasteiger partial charge in [0.1, 0.15) is 17.5 Å². The second-order valence-corrected chi connectivity index (χ2v) is 4.91. The molecule has 0 aromatic heterocycles. The van der Waals surface area contributed by atoms with Crippen molar-refractivity contribution in [3.8, 4) is 17.6 Å². The van der Waals surface area contributed by atoms with Crippen LogP contribution in [0, 0.1) is 11.3 Å². The van der Waals surface area contributed by atoms with Crippen LogP contribution in [0.5, 0.6) is 11.5 Å². The number of aliphatic hydroxyl groups excluding tert-OH is 1. The van der Waals surface area contributed by atoms with E-state index in [1.165, 1.54) is 0 Å². The highest BCUT2D eigenvalue weighted by atomic mass is 16.5. The molecule has 1 aromatic carbocycles. The number of aliphatic hydroxyl groups is 1.